The van der Waals surface area contributed by atoms with Crippen LogP contribution in [0.15, 0.2) is 82.9 Å². The van der Waals surface area contributed by atoms with Crippen molar-refractivity contribution in [2.45, 2.75) is 39.5 Å². The maximum absolute atomic E-state index is 15.2. The van der Waals surface area contributed by atoms with Crippen LogP contribution in [0.1, 0.15) is 43.7 Å². The number of carbonyl (C=O) groups is 4. The molecule has 6 atom stereocenters. The molecule has 55 heavy (non-hydrogen) atoms. The maximum atomic E-state index is 15.2. The van der Waals surface area contributed by atoms with E-state index in [9.17, 15) is 19.5 Å². The van der Waals surface area contributed by atoms with E-state index >= 15 is 4.79 Å². The number of phenolic OH excluding ortho intramolecular Hbond substituents is 1. The van der Waals surface area contributed by atoms with Gasteiger partial charge in [0.1, 0.15) is 11.5 Å². The van der Waals surface area contributed by atoms with E-state index in [0.717, 1.165) is 30.6 Å². The number of benzene rings is 3. The first kappa shape index (κ1) is 35.9. The Bertz CT molecular complexity index is 2530. The first-order valence-electron chi connectivity index (χ1n) is 18.2. The number of nitrogens with zero attached hydrogens (tertiary/aromatic N) is 4. The molecule has 3 fully saturated rings. The number of para-hydroxylation sites is 1. The molecule has 1 saturated carbocycles. The van der Waals surface area contributed by atoms with Crippen molar-refractivity contribution in [3.05, 3.63) is 99.0 Å². The number of hydrogen-bond donors (Lipinski definition) is 1. The number of aromatic hydroxyl groups is 1. The summed E-state index contributed by atoms with van der Waals surface area (Å²) in [5.41, 5.74) is 1.94. The van der Waals surface area contributed by atoms with Crippen molar-refractivity contribution in [1.29, 1.82) is 0 Å². The third-order valence-corrected chi connectivity index (χ3v) is 14.3. The summed E-state index contributed by atoms with van der Waals surface area (Å²) in [6.07, 6.45) is 2.44. The van der Waals surface area contributed by atoms with Gasteiger partial charge in [0.15, 0.2) is 11.5 Å². The Hall–Kier alpha value is -4.78. The van der Waals surface area contributed by atoms with E-state index in [2.05, 4.69) is 15.9 Å². The summed E-state index contributed by atoms with van der Waals surface area (Å²) in [6, 6.07) is 19.7. The van der Waals surface area contributed by atoms with Crippen LogP contribution in [0, 0.1) is 36.0 Å². The molecule has 13 heteroatoms. The molecular formula is C42H36BrClN4O6S. The number of aryl methyl sites for hydroxylation is 2. The van der Waals surface area contributed by atoms with Crippen molar-refractivity contribution in [3.63, 3.8) is 0 Å². The fourth-order valence-corrected chi connectivity index (χ4v) is 11.3. The summed E-state index contributed by atoms with van der Waals surface area (Å²) in [7, 11) is 1.71. The quantitative estimate of drug-likeness (QED) is 0.134. The summed E-state index contributed by atoms with van der Waals surface area (Å²) in [5.74, 6) is -4.56. The van der Waals surface area contributed by atoms with Gasteiger partial charge in [-0.05, 0) is 99.0 Å². The van der Waals surface area contributed by atoms with Gasteiger partial charge in [0.2, 0.25) is 23.6 Å². The number of allylic oxidation sites excluding steroid dienone is 2. The van der Waals surface area contributed by atoms with Crippen LogP contribution < -0.4 is 14.5 Å². The highest BCUT2D eigenvalue weighted by Crippen LogP contribution is 2.65. The zero-order valence-corrected chi connectivity index (χ0v) is 33.5. The molecule has 280 valence electrons. The van der Waals surface area contributed by atoms with Gasteiger partial charge in [-0.25, -0.2) is 4.90 Å². The number of phenols is 1. The Balaban J connectivity index is 1.17. The van der Waals surface area contributed by atoms with Gasteiger partial charge in [0.05, 0.1) is 40.3 Å². The van der Waals surface area contributed by atoms with E-state index in [-0.39, 0.29) is 36.2 Å². The number of thiophene rings is 1. The number of imide groups is 2. The van der Waals surface area contributed by atoms with E-state index in [4.69, 9.17) is 21.4 Å². The predicted molar refractivity (Wildman–Crippen MR) is 214 cm³/mol. The largest absolute Gasteiger partial charge is 0.504 e. The second-order valence-electron chi connectivity index (χ2n) is 15.0. The van der Waals surface area contributed by atoms with Crippen molar-refractivity contribution >= 4 is 84.1 Å². The number of hydrogen-bond acceptors (Lipinski definition) is 8. The normalized spacial score (nSPS) is 26.1. The van der Waals surface area contributed by atoms with Crippen LogP contribution in [0.25, 0.3) is 20.7 Å². The van der Waals surface area contributed by atoms with E-state index in [1.165, 1.54) is 9.80 Å². The Labute approximate surface area is 334 Å². The topological polar surface area (TPSA) is 122 Å². The van der Waals surface area contributed by atoms with Crippen molar-refractivity contribution < 1.29 is 29.0 Å². The van der Waals surface area contributed by atoms with Crippen LogP contribution in [0.2, 0.25) is 5.02 Å². The molecule has 3 aromatic carbocycles. The van der Waals surface area contributed by atoms with Gasteiger partial charge in [-0.15, -0.1) is 11.3 Å². The Kier molecular flexibility index (Phi) is 8.41. The Morgan fingerprint density at radius 1 is 1.00 bits per heavy atom. The highest BCUT2D eigenvalue weighted by molar-refractivity contribution is 9.10. The molecule has 0 bridgehead atoms. The summed E-state index contributed by atoms with van der Waals surface area (Å²) in [4.78, 5) is 62.0. The number of aromatic nitrogens is 2. The molecule has 5 aromatic rings. The highest BCUT2D eigenvalue weighted by Gasteiger charge is 2.68. The lowest BCUT2D eigenvalue weighted by atomic mass is 9.51. The van der Waals surface area contributed by atoms with Crippen LogP contribution in [-0.4, -0.2) is 45.1 Å². The summed E-state index contributed by atoms with van der Waals surface area (Å²) in [6.45, 7) is 5.92. The zero-order valence-electron chi connectivity index (χ0n) is 30.4. The summed E-state index contributed by atoms with van der Waals surface area (Å²) >= 11 is 11.3. The molecule has 4 heterocycles. The van der Waals surface area contributed by atoms with Crippen LogP contribution in [0.4, 0.5) is 11.5 Å². The molecule has 9 rings (SSSR count). The van der Waals surface area contributed by atoms with Crippen molar-refractivity contribution in [2.75, 3.05) is 16.4 Å². The molecule has 2 aliphatic heterocycles. The standard InChI is InChI=1S/C42H36BrClN4O6S/c1-5-54-31-8-6-7-26(36(31)49)35-24-14-15-25-34(40(52)47(38(25)50)23-12-9-21(43)10-13-23)28(24)18-29-39(51)48(41(53)42(29,35)3)33-19-30(45-46(33)4)37-20(2)27-17-22(44)11-16-32(27)55-37/h6-14,16-17,19,25,28-29,34-35,49H,5,15,18H2,1-4H3/t25-,28+,29-,34-,35+,42+/m0/s1. The lowest BCUT2D eigenvalue weighted by Crippen LogP contribution is -2.49. The number of carbonyl (C=O) groups excluding carboxylic acids is 4. The Morgan fingerprint density at radius 3 is 2.51 bits per heavy atom. The number of amides is 4. The van der Waals surface area contributed by atoms with Crippen molar-refractivity contribution in [2.24, 2.45) is 36.1 Å². The average molecular weight is 840 g/mol. The van der Waals surface area contributed by atoms with Crippen molar-refractivity contribution in [3.8, 4) is 22.1 Å². The molecular weight excluding hydrogens is 804 g/mol. The number of halogens is 2. The van der Waals surface area contributed by atoms with Gasteiger partial charge in [-0.2, -0.15) is 5.10 Å². The van der Waals surface area contributed by atoms with E-state index < -0.39 is 46.8 Å². The molecule has 0 spiro atoms. The number of ether oxygens (including phenoxy) is 1. The number of anilines is 2. The molecule has 10 nitrogen and oxygen atoms in total. The summed E-state index contributed by atoms with van der Waals surface area (Å²) < 4.78 is 9.22. The van der Waals surface area contributed by atoms with Crippen LogP contribution in [0.3, 0.4) is 0 Å². The third-order valence-electron chi connectivity index (χ3n) is 12.2. The second-order valence-corrected chi connectivity index (χ2v) is 17.4. The molecule has 0 radical (unpaired) electrons. The van der Waals surface area contributed by atoms with E-state index in [1.54, 1.807) is 78.5 Å². The minimum Gasteiger partial charge on any atom is -0.504 e. The fourth-order valence-electron chi connectivity index (χ4n) is 9.68. The average Bonchev–Trinajstić information content (AvgIpc) is 3.83. The minimum absolute atomic E-state index is 0.120. The number of fused-ring (bicyclic) bond motifs is 5. The SMILES string of the molecule is CCOc1cccc([C@H]2C3=CC[C@@H]4C(=O)N(c5ccc(Br)cc5)C(=O)[C@@H]4[C@@H]3C[C@H]3C(=O)N(c4cc(-c5sc6ccc(Cl)cc6c5C)nn4C)C(=O)[C@@]23C)c1O. The third kappa shape index (κ3) is 5.13. The first-order chi connectivity index (χ1) is 26.3. The lowest BCUT2D eigenvalue weighted by Gasteiger charge is -2.49. The maximum Gasteiger partial charge on any atom is 0.242 e. The van der Waals surface area contributed by atoms with Gasteiger partial charge >= 0.3 is 0 Å². The van der Waals surface area contributed by atoms with Crippen LogP contribution in [-0.2, 0) is 26.2 Å². The zero-order chi connectivity index (χ0) is 38.7. The van der Waals surface area contributed by atoms with Crippen molar-refractivity contribution in [1.82, 2.24) is 9.78 Å². The minimum atomic E-state index is -1.36. The fraction of sp³-hybridized carbons (Fsp3) is 0.310. The van der Waals surface area contributed by atoms with Crippen LogP contribution >= 0.6 is 38.9 Å². The lowest BCUT2D eigenvalue weighted by molar-refractivity contribution is -0.131. The van der Waals surface area contributed by atoms with Gasteiger partial charge in [-0.1, -0.05) is 51.3 Å². The summed E-state index contributed by atoms with van der Waals surface area (Å²) in [5, 5.41) is 18.2. The van der Waals surface area contributed by atoms with Gasteiger partial charge < -0.3 is 9.84 Å². The molecule has 2 aliphatic carbocycles. The molecule has 1 N–H and O–H groups in total. The number of rotatable bonds is 6. The van der Waals surface area contributed by atoms with E-state index in [1.807, 2.05) is 38.1 Å². The molecule has 2 aromatic heterocycles. The second kappa shape index (κ2) is 12.9. The smallest absolute Gasteiger partial charge is 0.242 e. The highest BCUT2D eigenvalue weighted by atomic mass is 79.9. The molecule has 4 amide bonds. The van der Waals surface area contributed by atoms with Gasteiger partial charge in [0, 0.05) is 38.8 Å². The van der Waals surface area contributed by atoms with Gasteiger partial charge in [-0.3, -0.25) is 28.8 Å². The Morgan fingerprint density at radius 2 is 1.76 bits per heavy atom. The van der Waals surface area contributed by atoms with E-state index in [0.29, 0.717) is 34.4 Å². The first-order valence-corrected chi connectivity index (χ1v) is 20.2. The monoisotopic (exact) mass is 838 g/mol. The predicted octanol–water partition coefficient (Wildman–Crippen LogP) is 8.57. The molecule has 4 aliphatic rings. The van der Waals surface area contributed by atoms with Crippen LogP contribution in [0.5, 0.6) is 11.5 Å². The molecule has 0 unspecified atom stereocenters. The van der Waals surface area contributed by atoms with Gasteiger partial charge in [0.25, 0.3) is 0 Å². The molecule has 2 saturated heterocycles.